The molecule has 0 aliphatic heterocycles. The predicted molar refractivity (Wildman–Crippen MR) is 110 cm³/mol. The summed E-state index contributed by atoms with van der Waals surface area (Å²) in [4.78, 5) is 0. The molecule has 25 heavy (non-hydrogen) atoms. The maximum absolute atomic E-state index is 4.45. The van der Waals surface area contributed by atoms with Crippen LogP contribution >= 0.6 is 0 Å². The van der Waals surface area contributed by atoms with Gasteiger partial charge in [-0.05, 0) is 34.8 Å². The summed E-state index contributed by atoms with van der Waals surface area (Å²) in [6, 6.07) is 0. The van der Waals surface area contributed by atoms with Crippen LogP contribution in [0.15, 0.2) is 12.4 Å². The summed E-state index contributed by atoms with van der Waals surface area (Å²) >= 11 is 0. The van der Waals surface area contributed by atoms with Crippen LogP contribution in [0.2, 0.25) is 0 Å². The predicted octanol–water partition coefficient (Wildman–Crippen LogP) is 5.97. The minimum Gasteiger partial charge on any atom is -0.275 e. The fourth-order valence-corrected chi connectivity index (χ4v) is 3.03. The van der Waals surface area contributed by atoms with Crippen molar-refractivity contribution in [1.82, 2.24) is 19.6 Å². The Kier molecular flexibility index (Phi) is 9.17. The highest BCUT2D eigenvalue weighted by Gasteiger charge is 2.14. The van der Waals surface area contributed by atoms with Crippen molar-refractivity contribution in [2.45, 2.75) is 86.5 Å². The molecule has 144 valence electrons. The first-order valence-corrected chi connectivity index (χ1v) is 9.11. The lowest BCUT2D eigenvalue weighted by Crippen LogP contribution is -2.03. The summed E-state index contributed by atoms with van der Waals surface area (Å²) in [7, 11) is 4.00. The van der Waals surface area contributed by atoms with Gasteiger partial charge in [0.05, 0.1) is 11.9 Å². The van der Waals surface area contributed by atoms with Crippen molar-refractivity contribution in [3.8, 4) is 0 Å². The van der Waals surface area contributed by atoms with Gasteiger partial charge < -0.3 is 0 Å². The monoisotopic (exact) mass is 348 g/mol. The molecule has 0 saturated heterocycles. The van der Waals surface area contributed by atoms with Gasteiger partial charge in [-0.2, -0.15) is 10.2 Å². The average molecular weight is 349 g/mol. The Bertz CT molecular complexity index is 597. The molecule has 2 rings (SSSR count). The fourth-order valence-electron chi connectivity index (χ4n) is 3.03. The third-order valence-corrected chi connectivity index (χ3v) is 4.24. The van der Waals surface area contributed by atoms with Gasteiger partial charge in [-0.15, -0.1) is 0 Å². The van der Waals surface area contributed by atoms with Gasteiger partial charge >= 0.3 is 0 Å². The second-order valence-corrected chi connectivity index (χ2v) is 7.87. The molecule has 0 amide bonds. The van der Waals surface area contributed by atoms with Crippen LogP contribution in [0.3, 0.4) is 0 Å². The first kappa shape index (κ1) is 23.4. The number of nitrogens with zero attached hydrogens (tertiary/aromatic N) is 4. The largest absolute Gasteiger partial charge is 0.275 e. The minimum atomic E-state index is 0. The number of hydrogen-bond acceptors (Lipinski definition) is 2. The van der Waals surface area contributed by atoms with Crippen LogP contribution in [0.25, 0.3) is 0 Å². The van der Waals surface area contributed by atoms with Gasteiger partial charge in [0.25, 0.3) is 0 Å². The van der Waals surface area contributed by atoms with E-state index < -0.39 is 0 Å². The molecule has 0 aliphatic carbocycles. The summed E-state index contributed by atoms with van der Waals surface area (Å²) in [6.45, 7) is 17.6. The van der Waals surface area contributed by atoms with Crippen molar-refractivity contribution in [2.75, 3.05) is 0 Å². The first-order chi connectivity index (χ1) is 11.1. The molecule has 0 radical (unpaired) electrons. The summed E-state index contributed by atoms with van der Waals surface area (Å²) in [5.41, 5.74) is 5.37. The molecule has 0 saturated carbocycles. The van der Waals surface area contributed by atoms with Gasteiger partial charge in [0, 0.05) is 26.0 Å². The molecule has 0 N–H and O–H groups in total. The van der Waals surface area contributed by atoms with Crippen molar-refractivity contribution in [1.29, 1.82) is 0 Å². The van der Waals surface area contributed by atoms with Crippen LogP contribution in [0.4, 0.5) is 0 Å². The Hall–Kier alpha value is -1.58. The first-order valence-electron chi connectivity index (χ1n) is 9.11. The molecule has 0 fully saturated rings. The standard InChI is InChI=1S/2C10H18N2.CH4/c1-7(2)9-6-12(5)11-10(9)8(3)4;1-7(2)9-6-11-12(5)10(9)8(3)4;/h2*6-8H,1-5H3;1H4. The Labute approximate surface area is 155 Å². The van der Waals surface area contributed by atoms with Crippen LogP contribution in [0, 0.1) is 0 Å². The van der Waals surface area contributed by atoms with Crippen LogP contribution in [0.5, 0.6) is 0 Å². The molecule has 4 nitrogen and oxygen atoms in total. The van der Waals surface area contributed by atoms with Gasteiger partial charge in [-0.25, -0.2) is 0 Å². The zero-order valence-corrected chi connectivity index (χ0v) is 17.3. The van der Waals surface area contributed by atoms with Crippen molar-refractivity contribution >= 4 is 0 Å². The third kappa shape index (κ3) is 6.02. The maximum atomic E-state index is 4.45. The molecule has 0 aromatic carbocycles. The molecule has 0 aliphatic rings. The quantitative estimate of drug-likeness (QED) is 0.682. The van der Waals surface area contributed by atoms with Gasteiger partial charge in [0.15, 0.2) is 0 Å². The highest BCUT2D eigenvalue weighted by molar-refractivity contribution is 5.24. The molecule has 0 bridgehead atoms. The van der Waals surface area contributed by atoms with Gasteiger partial charge in [-0.1, -0.05) is 62.8 Å². The smallest absolute Gasteiger partial charge is 0.0684 e. The molecule has 2 aromatic rings. The van der Waals surface area contributed by atoms with E-state index in [1.165, 1.54) is 22.5 Å². The molecular weight excluding hydrogens is 308 g/mol. The molecule has 2 heterocycles. The summed E-state index contributed by atoms with van der Waals surface area (Å²) in [5.74, 6) is 2.26. The minimum absolute atomic E-state index is 0. The Morgan fingerprint density at radius 2 is 1.28 bits per heavy atom. The van der Waals surface area contributed by atoms with E-state index in [0.29, 0.717) is 23.7 Å². The lowest BCUT2D eigenvalue weighted by Gasteiger charge is -2.11. The maximum Gasteiger partial charge on any atom is 0.0684 e. The van der Waals surface area contributed by atoms with E-state index in [2.05, 4.69) is 71.8 Å². The van der Waals surface area contributed by atoms with E-state index in [9.17, 15) is 0 Å². The Morgan fingerprint density at radius 3 is 1.60 bits per heavy atom. The van der Waals surface area contributed by atoms with Crippen LogP contribution in [-0.4, -0.2) is 19.6 Å². The lowest BCUT2D eigenvalue weighted by atomic mass is 9.98. The number of aromatic nitrogens is 4. The molecule has 0 unspecified atom stereocenters. The van der Waals surface area contributed by atoms with E-state index in [0.717, 1.165) is 0 Å². The summed E-state index contributed by atoms with van der Waals surface area (Å²) in [6.07, 6.45) is 4.11. The molecule has 0 spiro atoms. The topological polar surface area (TPSA) is 35.6 Å². The van der Waals surface area contributed by atoms with Crippen LogP contribution in [0.1, 0.15) is 109 Å². The van der Waals surface area contributed by atoms with E-state index in [1.54, 1.807) is 0 Å². The van der Waals surface area contributed by atoms with Crippen molar-refractivity contribution < 1.29 is 0 Å². The zero-order chi connectivity index (χ0) is 18.6. The number of hydrogen-bond donors (Lipinski definition) is 0. The Morgan fingerprint density at radius 1 is 0.760 bits per heavy atom. The van der Waals surface area contributed by atoms with Crippen molar-refractivity contribution in [3.05, 3.63) is 34.9 Å². The Balaban J connectivity index is 0.000000443. The van der Waals surface area contributed by atoms with Crippen LogP contribution < -0.4 is 0 Å². The SMILES string of the molecule is C.CC(C)c1cn(C)nc1C(C)C.CC(C)c1cnn(C)c1C(C)C. The normalized spacial score (nSPS) is 11.1. The fraction of sp³-hybridized carbons (Fsp3) is 0.714. The molecule has 0 atom stereocenters. The van der Waals surface area contributed by atoms with Crippen molar-refractivity contribution in [2.24, 2.45) is 14.1 Å². The van der Waals surface area contributed by atoms with E-state index in [1.807, 2.05) is 29.7 Å². The van der Waals surface area contributed by atoms with Gasteiger partial charge in [0.1, 0.15) is 0 Å². The van der Waals surface area contributed by atoms with Crippen molar-refractivity contribution in [3.63, 3.8) is 0 Å². The van der Waals surface area contributed by atoms with Crippen LogP contribution in [-0.2, 0) is 14.1 Å². The summed E-state index contributed by atoms with van der Waals surface area (Å²) in [5, 5.41) is 8.72. The molecular formula is C21H40N4. The highest BCUT2D eigenvalue weighted by atomic mass is 15.3. The number of rotatable bonds is 4. The molecule has 4 heteroatoms. The van der Waals surface area contributed by atoms with Gasteiger partial charge in [0.2, 0.25) is 0 Å². The highest BCUT2D eigenvalue weighted by Crippen LogP contribution is 2.25. The van der Waals surface area contributed by atoms with E-state index in [-0.39, 0.29) is 7.43 Å². The summed E-state index contributed by atoms with van der Waals surface area (Å²) < 4.78 is 3.89. The van der Waals surface area contributed by atoms with E-state index >= 15 is 0 Å². The number of aryl methyl sites for hydroxylation is 2. The second-order valence-electron chi connectivity index (χ2n) is 7.87. The van der Waals surface area contributed by atoms with E-state index in [4.69, 9.17) is 0 Å². The third-order valence-electron chi connectivity index (χ3n) is 4.24. The zero-order valence-electron chi connectivity index (χ0n) is 17.3. The van der Waals surface area contributed by atoms with Gasteiger partial charge in [-0.3, -0.25) is 9.36 Å². The molecule has 2 aromatic heterocycles. The average Bonchev–Trinajstić information content (AvgIpc) is 3.02. The lowest BCUT2D eigenvalue weighted by molar-refractivity contribution is 0.658. The second kappa shape index (κ2) is 9.79.